The van der Waals surface area contributed by atoms with E-state index in [9.17, 15) is 19.9 Å². The second-order valence-corrected chi connectivity index (χ2v) is 4.49. The average Bonchev–Trinajstić information content (AvgIpc) is 2.17. The summed E-state index contributed by atoms with van der Waals surface area (Å²) in [5.74, 6) is 0. The fraction of sp³-hybridized carbons (Fsp3) is 1.00. The van der Waals surface area contributed by atoms with Gasteiger partial charge in [0.25, 0.3) is 0 Å². The molecule has 0 amide bonds. The van der Waals surface area contributed by atoms with Gasteiger partial charge in [-0.05, 0) is 0 Å². The van der Waals surface area contributed by atoms with Crippen LogP contribution in [0.25, 0.3) is 0 Å². The second kappa shape index (κ2) is 5.05. The molecule has 1 aliphatic heterocycles. The summed E-state index contributed by atoms with van der Waals surface area (Å²) in [6.07, 6.45) is -8.25. The highest BCUT2D eigenvalue weighted by molar-refractivity contribution is 7.46. The number of phosphoric ester groups is 1. The van der Waals surface area contributed by atoms with E-state index < -0.39 is 45.1 Å². The Hall–Kier alpha value is -0.0900. The van der Waals surface area contributed by atoms with E-state index in [2.05, 4.69) is 9.26 Å². The summed E-state index contributed by atoms with van der Waals surface area (Å²) < 4.78 is 19.2. The maximum atomic E-state index is 10.5. The molecule has 0 saturated carbocycles. The van der Waals surface area contributed by atoms with E-state index in [-0.39, 0.29) is 0 Å². The number of aliphatic hydroxyl groups excluding tert-OH is 4. The molecule has 0 spiro atoms. The molecular formula is C6H13O9P. The van der Waals surface area contributed by atoms with Gasteiger partial charge < -0.3 is 34.9 Å². The Labute approximate surface area is 90.1 Å². The molecule has 1 saturated heterocycles. The molecule has 1 heterocycles. The average molecular weight is 260 g/mol. The highest BCUT2D eigenvalue weighted by Crippen LogP contribution is 2.40. The molecule has 16 heavy (non-hydrogen) atoms. The topological polar surface area (TPSA) is 157 Å². The van der Waals surface area contributed by atoms with Gasteiger partial charge >= 0.3 is 7.82 Å². The van der Waals surface area contributed by atoms with Gasteiger partial charge in [-0.1, -0.05) is 0 Å². The largest absolute Gasteiger partial charge is 0.472 e. The molecule has 0 aliphatic carbocycles. The molecule has 6 N–H and O–H groups in total. The van der Waals surface area contributed by atoms with E-state index >= 15 is 0 Å². The zero-order valence-corrected chi connectivity index (χ0v) is 8.84. The monoisotopic (exact) mass is 260 g/mol. The molecule has 2 unspecified atom stereocenters. The van der Waals surface area contributed by atoms with E-state index in [4.69, 9.17) is 14.9 Å². The van der Waals surface area contributed by atoms with Crippen LogP contribution in [0.15, 0.2) is 0 Å². The van der Waals surface area contributed by atoms with Crippen molar-refractivity contribution in [1.82, 2.24) is 0 Å². The van der Waals surface area contributed by atoms with Gasteiger partial charge in [0.2, 0.25) is 0 Å². The zero-order valence-electron chi connectivity index (χ0n) is 7.95. The number of phosphoric acid groups is 1. The molecular weight excluding hydrogens is 247 g/mol. The third-order valence-corrected chi connectivity index (χ3v) is 2.57. The van der Waals surface area contributed by atoms with Crippen LogP contribution in [0.2, 0.25) is 0 Å². The summed E-state index contributed by atoms with van der Waals surface area (Å²) in [6, 6.07) is 0. The molecule has 0 bridgehead atoms. The first-order valence-corrected chi connectivity index (χ1v) is 5.83. The Kier molecular flexibility index (Phi) is 4.41. The fourth-order valence-electron chi connectivity index (χ4n) is 1.29. The van der Waals surface area contributed by atoms with E-state index in [1.807, 2.05) is 0 Å². The summed E-state index contributed by atoms with van der Waals surface area (Å²) in [5.41, 5.74) is 0. The van der Waals surface area contributed by atoms with Crippen molar-refractivity contribution in [3.8, 4) is 0 Å². The summed E-state index contributed by atoms with van der Waals surface area (Å²) >= 11 is 0. The second-order valence-electron chi connectivity index (χ2n) is 3.29. The predicted molar refractivity (Wildman–Crippen MR) is 46.9 cm³/mol. The molecule has 1 rings (SSSR count). The molecule has 1 aliphatic rings. The standard InChI is InChI=1S/C6H13O9P/c7-1-2-3(8)4(9)5(10)6(14-2)15-16(11,12)13/h2-10H,1H2,(H2,11,12,13)/t2?,3-,4+,5?,6-/m1/s1. The highest BCUT2D eigenvalue weighted by atomic mass is 31.2. The first kappa shape index (κ1) is 14.0. The first-order valence-electron chi connectivity index (χ1n) is 4.30. The van der Waals surface area contributed by atoms with Crippen LogP contribution >= 0.6 is 7.82 Å². The van der Waals surface area contributed by atoms with Gasteiger partial charge in [0, 0.05) is 0 Å². The SMILES string of the molecule is O=P(O)(O)O[C@H]1OC(CO)[C@@H](O)[C@H](O)C1O. The Balaban J connectivity index is 2.75. The van der Waals surface area contributed by atoms with Gasteiger partial charge in [0.1, 0.15) is 24.4 Å². The molecule has 0 aromatic rings. The van der Waals surface area contributed by atoms with Gasteiger partial charge in [-0.15, -0.1) is 0 Å². The van der Waals surface area contributed by atoms with Crippen LogP contribution in [0.3, 0.4) is 0 Å². The molecule has 96 valence electrons. The van der Waals surface area contributed by atoms with Crippen LogP contribution in [0.5, 0.6) is 0 Å². The summed E-state index contributed by atoms with van der Waals surface area (Å²) in [4.78, 5) is 17.0. The minimum Gasteiger partial charge on any atom is -0.394 e. The van der Waals surface area contributed by atoms with Crippen LogP contribution in [0.4, 0.5) is 0 Å². The lowest BCUT2D eigenvalue weighted by atomic mass is 10.00. The summed E-state index contributed by atoms with van der Waals surface area (Å²) in [7, 11) is -4.91. The van der Waals surface area contributed by atoms with Crippen molar-refractivity contribution >= 4 is 7.82 Å². The van der Waals surface area contributed by atoms with Gasteiger partial charge in [-0.3, -0.25) is 4.52 Å². The van der Waals surface area contributed by atoms with Crippen LogP contribution in [0, 0.1) is 0 Å². The minimum absolute atomic E-state index is 0.702. The van der Waals surface area contributed by atoms with Gasteiger partial charge in [-0.2, -0.15) is 0 Å². The molecule has 9 nitrogen and oxygen atoms in total. The molecule has 10 heteroatoms. The van der Waals surface area contributed by atoms with Crippen molar-refractivity contribution in [1.29, 1.82) is 0 Å². The Morgan fingerprint density at radius 2 is 1.69 bits per heavy atom. The van der Waals surface area contributed by atoms with Crippen LogP contribution in [-0.4, -0.2) is 67.5 Å². The maximum absolute atomic E-state index is 10.5. The van der Waals surface area contributed by atoms with Crippen molar-refractivity contribution < 1.29 is 44.0 Å². The first-order chi connectivity index (χ1) is 7.26. The van der Waals surface area contributed by atoms with E-state index in [1.54, 1.807) is 0 Å². The maximum Gasteiger partial charge on any atom is 0.472 e. The van der Waals surface area contributed by atoms with Gasteiger partial charge in [0.15, 0.2) is 6.29 Å². The van der Waals surface area contributed by atoms with Crippen LogP contribution in [0.1, 0.15) is 0 Å². The molecule has 0 aromatic carbocycles. The third kappa shape index (κ3) is 3.20. The Morgan fingerprint density at radius 1 is 1.12 bits per heavy atom. The highest BCUT2D eigenvalue weighted by Gasteiger charge is 2.46. The zero-order chi connectivity index (χ0) is 12.5. The Morgan fingerprint density at radius 3 is 2.12 bits per heavy atom. The number of hydrogen-bond acceptors (Lipinski definition) is 7. The normalized spacial score (nSPS) is 41.0. The molecule has 0 radical (unpaired) electrons. The predicted octanol–water partition coefficient (Wildman–Crippen LogP) is -3.10. The van der Waals surface area contributed by atoms with Crippen molar-refractivity contribution in [2.45, 2.75) is 30.7 Å². The number of aliphatic hydroxyl groups is 4. The molecule has 0 aromatic heterocycles. The van der Waals surface area contributed by atoms with Gasteiger partial charge in [-0.25, -0.2) is 4.57 Å². The van der Waals surface area contributed by atoms with Crippen molar-refractivity contribution in [2.24, 2.45) is 0 Å². The minimum atomic E-state index is -4.91. The third-order valence-electron chi connectivity index (χ3n) is 2.09. The quantitative estimate of drug-likeness (QED) is 0.289. The smallest absolute Gasteiger partial charge is 0.394 e. The lowest BCUT2D eigenvalue weighted by molar-refractivity contribution is -0.280. The number of hydrogen-bond donors (Lipinski definition) is 6. The Bertz CT molecular complexity index is 275. The van der Waals surface area contributed by atoms with Crippen molar-refractivity contribution in [3.05, 3.63) is 0 Å². The molecule has 1 fully saturated rings. The van der Waals surface area contributed by atoms with Gasteiger partial charge in [0.05, 0.1) is 6.61 Å². The lowest BCUT2D eigenvalue weighted by Gasteiger charge is -2.39. The van der Waals surface area contributed by atoms with Crippen molar-refractivity contribution in [2.75, 3.05) is 6.61 Å². The number of rotatable bonds is 3. The number of ether oxygens (including phenoxy) is 1. The molecule has 5 atom stereocenters. The van der Waals surface area contributed by atoms with E-state index in [0.29, 0.717) is 0 Å². The summed E-state index contributed by atoms with van der Waals surface area (Å²) in [6.45, 7) is -0.702. The fourth-order valence-corrected chi connectivity index (χ4v) is 1.73. The lowest BCUT2D eigenvalue weighted by Crippen LogP contribution is -2.58. The summed E-state index contributed by atoms with van der Waals surface area (Å²) in [5, 5.41) is 36.6. The van der Waals surface area contributed by atoms with E-state index in [1.165, 1.54) is 0 Å². The van der Waals surface area contributed by atoms with Crippen LogP contribution in [-0.2, 0) is 13.8 Å². The van der Waals surface area contributed by atoms with Crippen LogP contribution < -0.4 is 0 Å². The van der Waals surface area contributed by atoms with Crippen molar-refractivity contribution in [3.63, 3.8) is 0 Å². The van der Waals surface area contributed by atoms with E-state index in [0.717, 1.165) is 0 Å².